The van der Waals surface area contributed by atoms with E-state index in [-0.39, 0.29) is 0 Å². The second kappa shape index (κ2) is 5.55. The Kier molecular flexibility index (Phi) is 4.03. The zero-order chi connectivity index (χ0) is 13.9. The van der Waals surface area contributed by atoms with Crippen molar-refractivity contribution in [1.82, 2.24) is 0 Å². The SMILES string of the molecule is CCC(C)(O)C(O)c1ccc(-c2ccccc2)cc1. The van der Waals surface area contributed by atoms with Crippen LogP contribution in [0.1, 0.15) is 31.9 Å². The summed E-state index contributed by atoms with van der Waals surface area (Å²) < 4.78 is 0. The van der Waals surface area contributed by atoms with Crippen LogP contribution >= 0.6 is 0 Å². The van der Waals surface area contributed by atoms with Crippen LogP contribution in [0, 0.1) is 0 Å². The van der Waals surface area contributed by atoms with Gasteiger partial charge in [0.05, 0.1) is 5.60 Å². The third-order valence-electron chi connectivity index (χ3n) is 3.64. The molecule has 0 aliphatic rings. The van der Waals surface area contributed by atoms with Crippen molar-refractivity contribution in [2.75, 3.05) is 0 Å². The molecule has 0 fully saturated rings. The van der Waals surface area contributed by atoms with Crippen LogP contribution in [0.15, 0.2) is 54.6 Å². The summed E-state index contributed by atoms with van der Waals surface area (Å²) in [7, 11) is 0. The minimum atomic E-state index is -1.09. The van der Waals surface area contributed by atoms with E-state index in [4.69, 9.17) is 0 Å². The molecule has 2 atom stereocenters. The van der Waals surface area contributed by atoms with E-state index in [9.17, 15) is 10.2 Å². The van der Waals surface area contributed by atoms with E-state index < -0.39 is 11.7 Å². The Bertz CT molecular complexity index is 515. The Balaban J connectivity index is 2.24. The maximum absolute atomic E-state index is 10.2. The first-order valence-electron chi connectivity index (χ1n) is 6.60. The smallest absolute Gasteiger partial charge is 0.107 e. The summed E-state index contributed by atoms with van der Waals surface area (Å²) in [4.78, 5) is 0. The van der Waals surface area contributed by atoms with E-state index in [1.165, 1.54) is 0 Å². The fourth-order valence-electron chi connectivity index (χ4n) is 2.04. The van der Waals surface area contributed by atoms with Crippen molar-refractivity contribution < 1.29 is 10.2 Å². The van der Waals surface area contributed by atoms with Crippen molar-refractivity contribution in [3.05, 3.63) is 60.2 Å². The van der Waals surface area contributed by atoms with Gasteiger partial charge in [-0.25, -0.2) is 0 Å². The Hall–Kier alpha value is -1.64. The molecular weight excluding hydrogens is 236 g/mol. The van der Waals surface area contributed by atoms with Crippen LogP contribution in [0.3, 0.4) is 0 Å². The first kappa shape index (κ1) is 13.8. The summed E-state index contributed by atoms with van der Waals surface area (Å²) in [5.41, 5.74) is 1.90. The third kappa shape index (κ3) is 3.03. The average molecular weight is 256 g/mol. The summed E-state index contributed by atoms with van der Waals surface area (Å²) >= 11 is 0. The lowest BCUT2D eigenvalue weighted by Crippen LogP contribution is -2.31. The van der Waals surface area contributed by atoms with Gasteiger partial charge in [0.25, 0.3) is 0 Å². The summed E-state index contributed by atoms with van der Waals surface area (Å²) in [6.07, 6.45) is -0.350. The van der Waals surface area contributed by atoms with E-state index in [2.05, 4.69) is 0 Å². The van der Waals surface area contributed by atoms with E-state index in [1.807, 2.05) is 61.5 Å². The highest BCUT2D eigenvalue weighted by Gasteiger charge is 2.29. The Morgan fingerprint density at radius 1 is 0.947 bits per heavy atom. The highest BCUT2D eigenvalue weighted by molar-refractivity contribution is 5.63. The topological polar surface area (TPSA) is 40.5 Å². The van der Waals surface area contributed by atoms with Crippen molar-refractivity contribution in [2.24, 2.45) is 0 Å². The zero-order valence-electron chi connectivity index (χ0n) is 11.4. The van der Waals surface area contributed by atoms with Crippen LogP contribution in [0.25, 0.3) is 11.1 Å². The Labute approximate surface area is 114 Å². The first-order valence-corrected chi connectivity index (χ1v) is 6.60. The van der Waals surface area contributed by atoms with Gasteiger partial charge in [-0.15, -0.1) is 0 Å². The Morgan fingerprint density at radius 3 is 2.00 bits per heavy atom. The lowest BCUT2D eigenvalue weighted by molar-refractivity contribution is -0.0658. The van der Waals surface area contributed by atoms with Crippen molar-refractivity contribution >= 4 is 0 Å². The number of aliphatic hydroxyl groups is 2. The van der Waals surface area contributed by atoms with Gasteiger partial charge in [0.2, 0.25) is 0 Å². The molecule has 2 nitrogen and oxygen atoms in total. The number of hydrogen-bond donors (Lipinski definition) is 2. The maximum atomic E-state index is 10.2. The second-order valence-electron chi connectivity index (χ2n) is 5.10. The zero-order valence-corrected chi connectivity index (χ0v) is 11.4. The molecule has 0 saturated heterocycles. The molecule has 2 rings (SSSR count). The van der Waals surface area contributed by atoms with Gasteiger partial charge in [0.15, 0.2) is 0 Å². The van der Waals surface area contributed by atoms with Crippen LogP contribution in [-0.4, -0.2) is 15.8 Å². The van der Waals surface area contributed by atoms with E-state index in [0.717, 1.165) is 16.7 Å². The third-order valence-corrected chi connectivity index (χ3v) is 3.64. The summed E-state index contributed by atoms with van der Waals surface area (Å²) in [5, 5.41) is 20.2. The molecular formula is C17H20O2. The predicted octanol–water partition coefficient (Wildman–Crippen LogP) is 3.55. The van der Waals surface area contributed by atoms with Gasteiger partial charge >= 0.3 is 0 Å². The monoisotopic (exact) mass is 256 g/mol. The fraction of sp³-hybridized carbons (Fsp3) is 0.294. The van der Waals surface area contributed by atoms with Gasteiger partial charge in [-0.2, -0.15) is 0 Å². The van der Waals surface area contributed by atoms with Gasteiger partial charge in [-0.3, -0.25) is 0 Å². The van der Waals surface area contributed by atoms with E-state index >= 15 is 0 Å². The Morgan fingerprint density at radius 2 is 1.47 bits per heavy atom. The molecule has 100 valence electrons. The average Bonchev–Trinajstić information content (AvgIpc) is 2.47. The lowest BCUT2D eigenvalue weighted by atomic mass is 9.90. The van der Waals surface area contributed by atoms with Crippen LogP contribution in [0.2, 0.25) is 0 Å². The minimum absolute atomic E-state index is 0.509. The van der Waals surface area contributed by atoms with Gasteiger partial charge in [-0.1, -0.05) is 61.5 Å². The molecule has 0 bridgehead atoms. The number of aliphatic hydroxyl groups excluding tert-OH is 1. The highest BCUT2D eigenvalue weighted by atomic mass is 16.3. The number of rotatable bonds is 4. The molecule has 2 aromatic carbocycles. The molecule has 0 aromatic heterocycles. The van der Waals surface area contributed by atoms with Crippen molar-refractivity contribution in [2.45, 2.75) is 32.0 Å². The van der Waals surface area contributed by atoms with Crippen LogP contribution < -0.4 is 0 Å². The standard InChI is InChI=1S/C17H20O2/c1-3-17(2,19)16(18)15-11-9-14(10-12-15)13-7-5-4-6-8-13/h4-12,16,18-19H,3H2,1-2H3. The molecule has 0 aliphatic carbocycles. The van der Waals surface area contributed by atoms with Gasteiger partial charge < -0.3 is 10.2 Å². The molecule has 0 heterocycles. The van der Waals surface area contributed by atoms with Gasteiger partial charge in [-0.05, 0) is 30.0 Å². The van der Waals surface area contributed by atoms with Crippen LogP contribution in [0.4, 0.5) is 0 Å². The lowest BCUT2D eigenvalue weighted by Gasteiger charge is -2.28. The molecule has 2 heteroatoms. The summed E-state index contributed by atoms with van der Waals surface area (Å²) in [5.74, 6) is 0. The van der Waals surface area contributed by atoms with Crippen molar-refractivity contribution in [1.29, 1.82) is 0 Å². The first-order chi connectivity index (χ1) is 9.04. The van der Waals surface area contributed by atoms with Crippen molar-refractivity contribution in [3.8, 4) is 11.1 Å². The molecule has 0 radical (unpaired) electrons. The molecule has 0 amide bonds. The minimum Gasteiger partial charge on any atom is -0.387 e. The molecule has 2 N–H and O–H groups in total. The molecule has 19 heavy (non-hydrogen) atoms. The van der Waals surface area contributed by atoms with Gasteiger partial charge in [0, 0.05) is 0 Å². The fourth-order valence-corrected chi connectivity index (χ4v) is 2.04. The molecule has 0 spiro atoms. The summed E-state index contributed by atoms with van der Waals surface area (Å²) in [6.45, 7) is 3.52. The number of benzene rings is 2. The number of hydrogen-bond acceptors (Lipinski definition) is 2. The van der Waals surface area contributed by atoms with E-state index in [0.29, 0.717) is 6.42 Å². The molecule has 2 aromatic rings. The highest BCUT2D eigenvalue weighted by Crippen LogP contribution is 2.29. The molecule has 0 aliphatic heterocycles. The largest absolute Gasteiger partial charge is 0.387 e. The molecule has 2 unspecified atom stereocenters. The normalized spacial score (nSPS) is 15.8. The second-order valence-corrected chi connectivity index (χ2v) is 5.10. The summed E-state index contributed by atoms with van der Waals surface area (Å²) in [6, 6.07) is 17.8. The molecule has 0 saturated carbocycles. The quantitative estimate of drug-likeness (QED) is 0.878. The van der Waals surface area contributed by atoms with Gasteiger partial charge in [0.1, 0.15) is 6.10 Å². The predicted molar refractivity (Wildman–Crippen MR) is 77.8 cm³/mol. The van der Waals surface area contributed by atoms with E-state index in [1.54, 1.807) is 6.92 Å². The van der Waals surface area contributed by atoms with Crippen LogP contribution in [0.5, 0.6) is 0 Å². The maximum Gasteiger partial charge on any atom is 0.107 e. The van der Waals surface area contributed by atoms with Crippen molar-refractivity contribution in [3.63, 3.8) is 0 Å². The van der Waals surface area contributed by atoms with Crippen LogP contribution in [-0.2, 0) is 0 Å².